The van der Waals surface area contributed by atoms with E-state index in [0.717, 1.165) is 5.56 Å². The minimum absolute atomic E-state index is 0.219. The highest BCUT2D eigenvalue weighted by Crippen LogP contribution is 2.23. The number of hydrogen-bond donors (Lipinski definition) is 1. The van der Waals surface area contributed by atoms with Crippen LogP contribution in [0.2, 0.25) is 0 Å². The molecule has 0 aliphatic rings. The van der Waals surface area contributed by atoms with Crippen molar-refractivity contribution in [1.29, 1.82) is 0 Å². The summed E-state index contributed by atoms with van der Waals surface area (Å²) in [7, 11) is 0. The summed E-state index contributed by atoms with van der Waals surface area (Å²) < 4.78 is 18.4. The zero-order chi connectivity index (χ0) is 19.3. The third-order valence-electron chi connectivity index (χ3n) is 4.08. The number of aromatic nitrogens is 3. The number of pyridine rings is 1. The van der Waals surface area contributed by atoms with Gasteiger partial charge in [-0.15, -0.1) is 0 Å². The average Bonchev–Trinajstić information content (AvgIpc) is 3.24. The quantitative estimate of drug-likeness (QED) is 0.574. The fraction of sp³-hybridized carbons (Fsp3) is 0.0476. The average molecular weight is 374 g/mol. The second-order valence-electron chi connectivity index (χ2n) is 6.05. The molecule has 0 saturated heterocycles. The maximum absolute atomic E-state index is 13.1. The maximum Gasteiger partial charge on any atom is 0.258 e. The number of hydrogen-bond acceptors (Lipinski definition) is 5. The molecule has 138 valence electrons. The minimum Gasteiger partial charge on any atom is -0.348 e. The van der Waals surface area contributed by atoms with Crippen LogP contribution in [0.15, 0.2) is 77.6 Å². The summed E-state index contributed by atoms with van der Waals surface area (Å²) in [5, 5.41) is 6.78. The molecule has 0 atom stereocenters. The predicted molar refractivity (Wildman–Crippen MR) is 101 cm³/mol. The van der Waals surface area contributed by atoms with E-state index in [1.54, 1.807) is 48.8 Å². The lowest BCUT2D eigenvalue weighted by Gasteiger charge is -2.05. The van der Waals surface area contributed by atoms with Crippen LogP contribution in [-0.2, 0) is 6.54 Å². The zero-order valence-corrected chi connectivity index (χ0v) is 14.7. The molecule has 0 aliphatic carbocycles. The lowest BCUT2D eigenvalue weighted by molar-refractivity contribution is 0.0951. The van der Waals surface area contributed by atoms with E-state index in [9.17, 15) is 9.18 Å². The summed E-state index contributed by atoms with van der Waals surface area (Å²) in [5.41, 5.74) is 2.65. The summed E-state index contributed by atoms with van der Waals surface area (Å²) in [6, 6.07) is 16.4. The van der Waals surface area contributed by atoms with Gasteiger partial charge in [-0.3, -0.25) is 9.78 Å². The largest absolute Gasteiger partial charge is 0.348 e. The van der Waals surface area contributed by atoms with Gasteiger partial charge >= 0.3 is 0 Å². The number of carbonyl (C=O) groups excluding carboxylic acids is 1. The highest BCUT2D eigenvalue weighted by atomic mass is 19.1. The van der Waals surface area contributed by atoms with Crippen molar-refractivity contribution in [2.45, 2.75) is 6.54 Å². The highest BCUT2D eigenvalue weighted by molar-refractivity contribution is 5.95. The third-order valence-corrected chi connectivity index (χ3v) is 4.08. The van der Waals surface area contributed by atoms with E-state index < -0.39 is 0 Å². The SMILES string of the molecule is O=C(NCc1cccnc1)c1cccc(-c2nc(-c3ccc(F)cc3)no2)c1. The molecular formula is C21H15FN4O2. The van der Waals surface area contributed by atoms with Crippen LogP contribution in [0.4, 0.5) is 4.39 Å². The van der Waals surface area contributed by atoms with Crippen molar-refractivity contribution < 1.29 is 13.7 Å². The summed E-state index contributed by atoms with van der Waals surface area (Å²) in [4.78, 5) is 20.8. The number of rotatable bonds is 5. The van der Waals surface area contributed by atoms with Gasteiger partial charge in [0.15, 0.2) is 0 Å². The lowest BCUT2D eigenvalue weighted by Crippen LogP contribution is -2.22. The van der Waals surface area contributed by atoms with Gasteiger partial charge in [0.1, 0.15) is 5.82 Å². The van der Waals surface area contributed by atoms with Gasteiger partial charge in [-0.25, -0.2) is 4.39 Å². The van der Waals surface area contributed by atoms with Crippen LogP contribution in [0.25, 0.3) is 22.8 Å². The molecule has 0 aliphatic heterocycles. The van der Waals surface area contributed by atoms with Gasteiger partial charge in [-0.2, -0.15) is 4.98 Å². The molecule has 0 spiro atoms. The summed E-state index contributed by atoms with van der Waals surface area (Å²) in [6.45, 7) is 0.381. The Kier molecular flexibility index (Phi) is 4.88. The predicted octanol–water partition coefficient (Wildman–Crippen LogP) is 3.87. The van der Waals surface area contributed by atoms with Crippen molar-refractivity contribution in [3.63, 3.8) is 0 Å². The molecule has 0 unspecified atom stereocenters. The Hall–Kier alpha value is -3.87. The number of halogens is 1. The molecule has 0 bridgehead atoms. The van der Waals surface area contributed by atoms with Crippen LogP contribution in [0, 0.1) is 5.82 Å². The molecule has 0 radical (unpaired) electrons. The van der Waals surface area contributed by atoms with Gasteiger partial charge < -0.3 is 9.84 Å². The summed E-state index contributed by atoms with van der Waals surface area (Å²) >= 11 is 0. The monoisotopic (exact) mass is 374 g/mol. The van der Waals surface area contributed by atoms with Crippen molar-refractivity contribution in [3.8, 4) is 22.8 Å². The number of nitrogens with zero attached hydrogens (tertiary/aromatic N) is 3. The molecule has 2 heterocycles. The molecule has 0 saturated carbocycles. The first kappa shape index (κ1) is 17.5. The number of benzene rings is 2. The van der Waals surface area contributed by atoms with Gasteiger partial charge in [0.2, 0.25) is 5.82 Å². The van der Waals surface area contributed by atoms with E-state index in [4.69, 9.17) is 4.52 Å². The standard InChI is InChI=1S/C21H15FN4O2/c22-18-8-6-15(7-9-18)19-25-21(28-26-19)17-5-1-4-16(11-17)20(27)24-13-14-3-2-10-23-12-14/h1-12H,13H2,(H,24,27). The van der Waals surface area contributed by atoms with Crippen LogP contribution >= 0.6 is 0 Å². The van der Waals surface area contributed by atoms with Crippen molar-refractivity contribution in [1.82, 2.24) is 20.4 Å². The van der Waals surface area contributed by atoms with E-state index in [1.165, 1.54) is 12.1 Å². The van der Waals surface area contributed by atoms with Crippen molar-refractivity contribution in [2.24, 2.45) is 0 Å². The molecule has 6 nitrogen and oxygen atoms in total. The van der Waals surface area contributed by atoms with E-state index >= 15 is 0 Å². The Morgan fingerprint density at radius 1 is 1.04 bits per heavy atom. The number of amides is 1. The second-order valence-corrected chi connectivity index (χ2v) is 6.05. The van der Waals surface area contributed by atoms with Gasteiger partial charge in [0.25, 0.3) is 11.8 Å². The fourth-order valence-corrected chi connectivity index (χ4v) is 2.64. The first-order valence-corrected chi connectivity index (χ1v) is 8.56. The zero-order valence-electron chi connectivity index (χ0n) is 14.7. The highest BCUT2D eigenvalue weighted by Gasteiger charge is 2.13. The summed E-state index contributed by atoms with van der Waals surface area (Å²) in [6.07, 6.45) is 3.38. The maximum atomic E-state index is 13.1. The lowest BCUT2D eigenvalue weighted by atomic mass is 10.1. The van der Waals surface area contributed by atoms with E-state index in [1.807, 2.05) is 12.1 Å². The Morgan fingerprint density at radius 2 is 1.89 bits per heavy atom. The first-order valence-electron chi connectivity index (χ1n) is 8.56. The molecule has 28 heavy (non-hydrogen) atoms. The van der Waals surface area contributed by atoms with Crippen LogP contribution in [0.5, 0.6) is 0 Å². The molecule has 4 rings (SSSR count). The Bertz CT molecular complexity index is 1090. The smallest absolute Gasteiger partial charge is 0.258 e. The van der Waals surface area contributed by atoms with Crippen molar-refractivity contribution in [2.75, 3.05) is 0 Å². The van der Waals surface area contributed by atoms with Gasteiger partial charge in [-0.1, -0.05) is 17.3 Å². The third kappa shape index (κ3) is 3.93. The van der Waals surface area contributed by atoms with Crippen molar-refractivity contribution in [3.05, 3.63) is 90.0 Å². The van der Waals surface area contributed by atoms with Crippen LogP contribution in [-0.4, -0.2) is 21.0 Å². The Labute approximate surface area is 160 Å². The first-order chi connectivity index (χ1) is 13.7. The van der Waals surface area contributed by atoms with Gasteiger partial charge in [0, 0.05) is 35.6 Å². The Balaban J connectivity index is 1.50. The van der Waals surface area contributed by atoms with Crippen LogP contribution in [0.3, 0.4) is 0 Å². The van der Waals surface area contributed by atoms with E-state index in [2.05, 4.69) is 20.4 Å². The Morgan fingerprint density at radius 3 is 2.68 bits per heavy atom. The number of nitrogens with one attached hydrogen (secondary N) is 1. The van der Waals surface area contributed by atoms with Gasteiger partial charge in [-0.05, 0) is 54.1 Å². The molecule has 1 amide bonds. The van der Waals surface area contributed by atoms with Crippen LogP contribution in [0.1, 0.15) is 15.9 Å². The van der Waals surface area contributed by atoms with Gasteiger partial charge in [0.05, 0.1) is 0 Å². The van der Waals surface area contributed by atoms with Crippen molar-refractivity contribution >= 4 is 5.91 Å². The number of carbonyl (C=O) groups is 1. The molecule has 2 aromatic heterocycles. The molecule has 1 N–H and O–H groups in total. The molecule has 7 heteroatoms. The normalized spacial score (nSPS) is 10.6. The molecule has 0 fully saturated rings. The van der Waals surface area contributed by atoms with E-state index in [-0.39, 0.29) is 17.6 Å². The molecule has 4 aromatic rings. The fourth-order valence-electron chi connectivity index (χ4n) is 2.64. The molecular weight excluding hydrogens is 359 g/mol. The second kappa shape index (κ2) is 7.79. The minimum atomic E-state index is -0.336. The van der Waals surface area contributed by atoms with E-state index in [0.29, 0.717) is 29.1 Å². The van der Waals surface area contributed by atoms with Crippen LogP contribution < -0.4 is 5.32 Å². The molecule has 2 aromatic carbocycles. The topological polar surface area (TPSA) is 80.9 Å². The summed E-state index contributed by atoms with van der Waals surface area (Å²) in [5.74, 6) is 0.0732.